The van der Waals surface area contributed by atoms with Gasteiger partial charge in [0.15, 0.2) is 0 Å². The Balaban J connectivity index is 2.78. The van der Waals surface area contributed by atoms with Gasteiger partial charge in [-0.05, 0) is 19.8 Å². The first-order valence-electron chi connectivity index (χ1n) is 5.24. The van der Waals surface area contributed by atoms with E-state index in [4.69, 9.17) is 0 Å². The van der Waals surface area contributed by atoms with Gasteiger partial charge in [-0.2, -0.15) is 13.2 Å². The maximum atomic E-state index is 12.7. The highest BCUT2D eigenvalue weighted by Crippen LogP contribution is 2.43. The fraction of sp³-hybridized carbons (Fsp3) is 0.818. The molecular weight excluding hydrogens is 205 g/mol. The van der Waals surface area contributed by atoms with E-state index in [0.29, 0.717) is 18.4 Å². The third kappa shape index (κ3) is 2.97. The number of rotatable bonds is 2. The van der Waals surface area contributed by atoms with Crippen LogP contribution in [0.25, 0.3) is 0 Å². The van der Waals surface area contributed by atoms with E-state index in [1.54, 1.807) is 6.92 Å². The molecule has 1 nitrogen and oxygen atoms in total. The second-order valence-corrected chi connectivity index (χ2v) is 4.39. The summed E-state index contributed by atoms with van der Waals surface area (Å²) >= 11 is 0. The number of halogens is 3. The maximum Gasteiger partial charge on any atom is 0.392 e. The van der Waals surface area contributed by atoms with Crippen molar-refractivity contribution in [3.8, 4) is 0 Å². The topological polar surface area (TPSA) is 20.2 Å². The number of aliphatic hydroxyl groups excluding tert-OH is 1. The number of aliphatic hydroxyl groups is 1. The summed E-state index contributed by atoms with van der Waals surface area (Å²) in [5.74, 6) is -2.06. The van der Waals surface area contributed by atoms with Crippen LogP contribution in [0.15, 0.2) is 12.2 Å². The Labute approximate surface area is 88.0 Å². The molecule has 4 heteroatoms. The zero-order chi connectivity index (χ0) is 11.6. The van der Waals surface area contributed by atoms with Gasteiger partial charge < -0.3 is 5.11 Å². The molecule has 1 rings (SSSR count). The van der Waals surface area contributed by atoms with Gasteiger partial charge in [-0.25, -0.2) is 0 Å². The summed E-state index contributed by atoms with van der Waals surface area (Å²) in [6.45, 7) is 5.11. The van der Waals surface area contributed by atoms with Crippen molar-refractivity contribution in [2.24, 2.45) is 11.8 Å². The van der Waals surface area contributed by atoms with E-state index in [-0.39, 0.29) is 6.42 Å². The SMILES string of the molecule is C=C(C)C(O)C1CCCCC1C(F)(F)F. The highest BCUT2D eigenvalue weighted by atomic mass is 19.4. The van der Waals surface area contributed by atoms with Gasteiger partial charge in [-0.3, -0.25) is 0 Å². The average Bonchev–Trinajstić information content (AvgIpc) is 2.15. The van der Waals surface area contributed by atoms with Gasteiger partial charge in [0.05, 0.1) is 12.0 Å². The lowest BCUT2D eigenvalue weighted by Crippen LogP contribution is -2.39. The van der Waals surface area contributed by atoms with E-state index in [1.165, 1.54) is 0 Å². The second-order valence-electron chi connectivity index (χ2n) is 4.39. The minimum Gasteiger partial charge on any atom is -0.388 e. The third-order valence-electron chi connectivity index (χ3n) is 3.15. The van der Waals surface area contributed by atoms with E-state index >= 15 is 0 Å². The highest BCUT2D eigenvalue weighted by molar-refractivity contribution is 5.02. The Bertz CT molecular complexity index is 234. The Kier molecular flexibility index (Phi) is 3.82. The first-order chi connectivity index (χ1) is 6.84. The molecule has 3 atom stereocenters. The molecule has 1 aliphatic rings. The van der Waals surface area contributed by atoms with Crippen molar-refractivity contribution >= 4 is 0 Å². The molecule has 1 aliphatic carbocycles. The summed E-state index contributed by atoms with van der Waals surface area (Å²) in [7, 11) is 0. The van der Waals surface area contributed by atoms with Gasteiger partial charge in [-0.15, -0.1) is 0 Å². The molecule has 88 valence electrons. The molecule has 0 spiro atoms. The summed E-state index contributed by atoms with van der Waals surface area (Å²) in [4.78, 5) is 0. The lowest BCUT2D eigenvalue weighted by molar-refractivity contribution is -0.204. The Morgan fingerprint density at radius 3 is 2.33 bits per heavy atom. The van der Waals surface area contributed by atoms with E-state index in [1.807, 2.05) is 0 Å². The van der Waals surface area contributed by atoms with Gasteiger partial charge in [0.1, 0.15) is 0 Å². The van der Waals surface area contributed by atoms with Crippen LogP contribution in [0, 0.1) is 11.8 Å². The molecule has 0 aliphatic heterocycles. The molecule has 1 saturated carbocycles. The number of hydrogen-bond acceptors (Lipinski definition) is 1. The van der Waals surface area contributed by atoms with Gasteiger partial charge >= 0.3 is 6.18 Å². The molecule has 0 aromatic carbocycles. The largest absolute Gasteiger partial charge is 0.392 e. The first kappa shape index (κ1) is 12.6. The van der Waals surface area contributed by atoms with E-state index in [2.05, 4.69) is 6.58 Å². The van der Waals surface area contributed by atoms with Gasteiger partial charge in [-0.1, -0.05) is 25.0 Å². The second kappa shape index (κ2) is 4.56. The summed E-state index contributed by atoms with van der Waals surface area (Å²) in [6.07, 6.45) is -3.26. The lowest BCUT2D eigenvalue weighted by Gasteiger charge is -2.36. The molecule has 3 unspecified atom stereocenters. The smallest absolute Gasteiger partial charge is 0.388 e. The van der Waals surface area contributed by atoms with Crippen molar-refractivity contribution in [3.05, 3.63) is 12.2 Å². The summed E-state index contributed by atoms with van der Waals surface area (Å²) < 4.78 is 38.0. The first-order valence-corrected chi connectivity index (χ1v) is 5.24. The van der Waals surface area contributed by atoms with Crippen molar-refractivity contribution in [2.75, 3.05) is 0 Å². The highest BCUT2D eigenvalue weighted by Gasteiger charge is 2.47. The summed E-state index contributed by atoms with van der Waals surface area (Å²) in [5, 5.41) is 9.69. The fourth-order valence-electron chi connectivity index (χ4n) is 2.31. The van der Waals surface area contributed by atoms with Crippen LogP contribution >= 0.6 is 0 Å². The van der Waals surface area contributed by atoms with E-state index in [9.17, 15) is 18.3 Å². The van der Waals surface area contributed by atoms with Gasteiger partial charge in [0.25, 0.3) is 0 Å². The van der Waals surface area contributed by atoms with Crippen molar-refractivity contribution in [1.82, 2.24) is 0 Å². The molecule has 0 saturated heterocycles. The van der Waals surface area contributed by atoms with Crippen LogP contribution in [0.2, 0.25) is 0 Å². The molecule has 1 N–H and O–H groups in total. The lowest BCUT2D eigenvalue weighted by atomic mass is 9.74. The summed E-state index contributed by atoms with van der Waals surface area (Å²) in [6, 6.07) is 0. The van der Waals surface area contributed by atoms with Gasteiger partial charge in [0.2, 0.25) is 0 Å². The third-order valence-corrected chi connectivity index (χ3v) is 3.15. The molecule has 0 bridgehead atoms. The number of hydrogen-bond donors (Lipinski definition) is 1. The molecule has 0 radical (unpaired) electrons. The predicted octanol–water partition coefficient (Wildman–Crippen LogP) is 3.29. The molecular formula is C11H17F3O. The Morgan fingerprint density at radius 1 is 1.33 bits per heavy atom. The Hall–Kier alpha value is -0.510. The quantitative estimate of drug-likeness (QED) is 0.711. The van der Waals surface area contributed by atoms with Crippen molar-refractivity contribution in [3.63, 3.8) is 0 Å². The zero-order valence-corrected chi connectivity index (χ0v) is 8.85. The standard InChI is InChI=1S/C11H17F3O/c1-7(2)10(15)8-5-3-4-6-9(8)11(12,13)14/h8-10,15H,1,3-6H2,2H3. The van der Waals surface area contributed by atoms with Crippen LogP contribution in [0.1, 0.15) is 32.6 Å². The number of alkyl halides is 3. The molecule has 0 heterocycles. The minimum atomic E-state index is -4.19. The zero-order valence-electron chi connectivity index (χ0n) is 8.85. The molecule has 0 amide bonds. The molecule has 15 heavy (non-hydrogen) atoms. The van der Waals surface area contributed by atoms with Crippen LogP contribution in [-0.2, 0) is 0 Å². The fourth-order valence-corrected chi connectivity index (χ4v) is 2.31. The van der Waals surface area contributed by atoms with Crippen molar-refractivity contribution < 1.29 is 18.3 Å². The molecule has 1 fully saturated rings. The van der Waals surface area contributed by atoms with Crippen LogP contribution in [0.4, 0.5) is 13.2 Å². The predicted molar refractivity (Wildman–Crippen MR) is 52.3 cm³/mol. The van der Waals surface area contributed by atoms with Crippen LogP contribution in [0.5, 0.6) is 0 Å². The molecule has 0 aromatic rings. The maximum absolute atomic E-state index is 12.7. The monoisotopic (exact) mass is 222 g/mol. The van der Waals surface area contributed by atoms with E-state index in [0.717, 1.165) is 6.42 Å². The van der Waals surface area contributed by atoms with E-state index < -0.39 is 24.1 Å². The van der Waals surface area contributed by atoms with Crippen LogP contribution in [-0.4, -0.2) is 17.4 Å². The van der Waals surface area contributed by atoms with Crippen LogP contribution in [0.3, 0.4) is 0 Å². The minimum absolute atomic E-state index is 0.137. The normalized spacial score (nSPS) is 29.9. The van der Waals surface area contributed by atoms with Gasteiger partial charge in [0, 0.05) is 5.92 Å². The Morgan fingerprint density at radius 2 is 1.87 bits per heavy atom. The average molecular weight is 222 g/mol. The van der Waals surface area contributed by atoms with Crippen molar-refractivity contribution in [1.29, 1.82) is 0 Å². The summed E-state index contributed by atoms with van der Waals surface area (Å²) in [5.41, 5.74) is 0.427. The van der Waals surface area contributed by atoms with Crippen LogP contribution < -0.4 is 0 Å². The molecule has 0 aromatic heterocycles. The van der Waals surface area contributed by atoms with Crippen molar-refractivity contribution in [2.45, 2.75) is 44.9 Å².